The number of esters is 2. The molecule has 10 heteroatoms. The number of ether oxygens (including phenoxy) is 2. The number of carbonyl (C=O) groups excluding carboxylic acids is 2. The fourth-order valence-electron chi connectivity index (χ4n) is 9.77. The van der Waals surface area contributed by atoms with Gasteiger partial charge in [0.2, 0.25) is 0 Å². The molecule has 532 valence electrons. The van der Waals surface area contributed by atoms with Crippen molar-refractivity contribution >= 4 is 19.8 Å². The van der Waals surface area contributed by atoms with Crippen LogP contribution in [-0.4, -0.2) is 70.0 Å². The number of likely N-dealkylation sites (N-methyl/N-ethyl adjacent to an activating group) is 1. The van der Waals surface area contributed by atoms with Gasteiger partial charge in [0.05, 0.1) is 27.7 Å². The van der Waals surface area contributed by atoms with Crippen LogP contribution in [0.4, 0.5) is 0 Å². The van der Waals surface area contributed by atoms with Crippen molar-refractivity contribution in [3.05, 3.63) is 182 Å². The molecule has 94 heavy (non-hydrogen) atoms. The SMILES string of the molecule is CC/C=C\C/C=C\C/C=C\C/C=C\C/C=C\C/C=C\C/C=C\C/C=C\C/C=C\C/C=C\CCCCCCCCCCC(=O)OC(COC(=O)CCCCCCCCCCCCCCCCC/C=C\C/C=C\C/C=C\C/C=C\C/C=C\CC)COP(=O)([O-])OCC[N+](C)(C)C. The number of phosphoric ester groups is 1. The first-order valence-corrected chi connectivity index (χ1v) is 39.0. The molecule has 0 heterocycles. The Morgan fingerprint density at radius 3 is 0.851 bits per heavy atom. The Hall–Kier alpha value is -4.89. The first-order valence-electron chi connectivity index (χ1n) is 37.5. The Balaban J connectivity index is 4.10. The van der Waals surface area contributed by atoms with Crippen LogP contribution in [0.2, 0.25) is 0 Å². The molecule has 0 rings (SSSR count). The predicted molar refractivity (Wildman–Crippen MR) is 406 cm³/mol. The van der Waals surface area contributed by atoms with Crippen LogP contribution in [0.5, 0.6) is 0 Å². The minimum absolute atomic E-state index is 0.0408. The molecule has 0 aromatic rings. The minimum atomic E-state index is -4.66. The second-order valence-corrected chi connectivity index (χ2v) is 27.0. The summed E-state index contributed by atoms with van der Waals surface area (Å²) in [7, 11) is 1.14. The third-order valence-corrected chi connectivity index (χ3v) is 16.4. The maximum atomic E-state index is 12.9. The molecule has 2 unspecified atom stereocenters. The van der Waals surface area contributed by atoms with E-state index in [9.17, 15) is 19.0 Å². The van der Waals surface area contributed by atoms with E-state index in [0.29, 0.717) is 17.4 Å². The quantitative estimate of drug-likeness (QED) is 0.0195. The Labute approximate surface area is 578 Å². The summed E-state index contributed by atoms with van der Waals surface area (Å²) in [6, 6.07) is 0. The summed E-state index contributed by atoms with van der Waals surface area (Å²) >= 11 is 0. The monoisotopic (exact) mass is 1320 g/mol. The van der Waals surface area contributed by atoms with Crippen LogP contribution in [0.15, 0.2) is 182 Å². The highest BCUT2D eigenvalue weighted by Gasteiger charge is 2.22. The van der Waals surface area contributed by atoms with E-state index in [1.165, 1.54) is 109 Å². The number of nitrogens with zero attached hydrogens (tertiary/aromatic N) is 1. The second kappa shape index (κ2) is 72.4. The largest absolute Gasteiger partial charge is 0.756 e. The number of allylic oxidation sites excluding steroid dienone is 30. The van der Waals surface area contributed by atoms with E-state index < -0.39 is 26.5 Å². The Kier molecular flexibility index (Phi) is 68.6. The molecule has 0 aliphatic carbocycles. The number of rotatable bonds is 67. The van der Waals surface area contributed by atoms with Gasteiger partial charge in [-0.25, -0.2) is 0 Å². The summed E-state index contributed by atoms with van der Waals surface area (Å²) in [5.41, 5.74) is 0. The maximum absolute atomic E-state index is 12.9. The second-order valence-electron chi connectivity index (χ2n) is 25.5. The van der Waals surface area contributed by atoms with Gasteiger partial charge in [-0.15, -0.1) is 0 Å². The van der Waals surface area contributed by atoms with Crippen molar-refractivity contribution in [3.63, 3.8) is 0 Å². The van der Waals surface area contributed by atoms with Crippen molar-refractivity contribution in [3.8, 4) is 0 Å². The zero-order valence-electron chi connectivity index (χ0n) is 60.6. The summed E-state index contributed by atoms with van der Waals surface area (Å²) in [6.45, 7) is 4.00. The average Bonchev–Trinajstić information content (AvgIpc) is 1.56. The molecule has 0 fully saturated rings. The molecule has 0 aliphatic rings. The van der Waals surface area contributed by atoms with Crippen LogP contribution in [0.3, 0.4) is 0 Å². The zero-order chi connectivity index (χ0) is 68.3. The summed E-state index contributed by atoms with van der Waals surface area (Å²) in [5.74, 6) is -0.849. The van der Waals surface area contributed by atoms with E-state index in [2.05, 4.69) is 196 Å². The van der Waals surface area contributed by atoms with E-state index in [1.54, 1.807) is 0 Å². The van der Waals surface area contributed by atoms with Crippen LogP contribution in [0.1, 0.15) is 284 Å². The van der Waals surface area contributed by atoms with E-state index in [1.807, 2.05) is 21.1 Å². The number of carbonyl (C=O) groups is 2. The number of quaternary nitrogens is 1. The van der Waals surface area contributed by atoms with Crippen molar-refractivity contribution in [2.45, 2.75) is 290 Å². The predicted octanol–water partition coefficient (Wildman–Crippen LogP) is 24.4. The molecular weight excluding hydrogens is 1180 g/mol. The molecule has 0 radical (unpaired) electrons. The Morgan fingerprint density at radius 1 is 0.330 bits per heavy atom. The van der Waals surface area contributed by atoms with Gasteiger partial charge >= 0.3 is 11.9 Å². The lowest BCUT2D eigenvalue weighted by Crippen LogP contribution is -2.37. The summed E-state index contributed by atoms with van der Waals surface area (Å²) < 4.78 is 34.3. The van der Waals surface area contributed by atoms with Gasteiger partial charge in [0.15, 0.2) is 6.10 Å². The van der Waals surface area contributed by atoms with Gasteiger partial charge in [0, 0.05) is 12.8 Å². The third-order valence-electron chi connectivity index (χ3n) is 15.4. The number of phosphoric acid groups is 1. The molecule has 0 amide bonds. The lowest BCUT2D eigenvalue weighted by atomic mass is 10.0. The van der Waals surface area contributed by atoms with Gasteiger partial charge in [-0.2, -0.15) is 0 Å². The van der Waals surface area contributed by atoms with Crippen LogP contribution in [0.25, 0.3) is 0 Å². The van der Waals surface area contributed by atoms with Crippen molar-refractivity contribution in [1.29, 1.82) is 0 Å². The molecule has 0 aromatic carbocycles. The molecule has 0 N–H and O–H groups in total. The van der Waals surface area contributed by atoms with Gasteiger partial charge in [0.1, 0.15) is 19.8 Å². The fourth-order valence-corrected chi connectivity index (χ4v) is 10.5. The third kappa shape index (κ3) is 76.1. The number of hydrogen-bond donors (Lipinski definition) is 0. The first kappa shape index (κ1) is 89.1. The van der Waals surface area contributed by atoms with Gasteiger partial charge in [-0.1, -0.05) is 318 Å². The molecule has 2 atom stereocenters. The number of hydrogen-bond acceptors (Lipinski definition) is 8. The Bertz CT molecular complexity index is 2240. The summed E-state index contributed by atoms with van der Waals surface area (Å²) in [5, 5.41) is 0. The smallest absolute Gasteiger partial charge is 0.306 e. The van der Waals surface area contributed by atoms with Crippen LogP contribution in [-0.2, 0) is 32.7 Å². The maximum Gasteiger partial charge on any atom is 0.306 e. The normalized spacial score (nSPS) is 14.1. The standard InChI is InChI=1S/C84H138NO8P/c1-6-8-10-12-14-16-18-20-22-24-26-28-30-32-34-36-38-39-40-41-42-43-44-45-47-49-51-53-55-57-59-61-63-65-67-69-71-73-75-77-84(87)93-82(81-92-94(88,89)91-79-78-85(3,4)5)80-90-83(86)76-74-72-70-68-66-64-62-60-58-56-54-52-50-48-46-37-35-33-31-29-27-25-23-21-19-17-15-13-11-9-7-2/h8-11,14-17,20-23,26-29,32-35,38-39,41-42,44-45,49,51,55,57,82H,6-7,12-13,18-19,24-25,30-31,36-37,40,43,46-48,50,52-54,56,58-81H2,1-5H3/b10-8-,11-9-,16-14-,17-15-,22-20-,23-21-,28-26-,29-27-,34-32-,35-33-,39-38-,42-41-,45-44-,51-49-,57-55-. The summed E-state index contributed by atoms with van der Waals surface area (Å²) in [4.78, 5) is 38.1. The van der Waals surface area contributed by atoms with Gasteiger partial charge < -0.3 is 27.9 Å². The highest BCUT2D eigenvalue weighted by atomic mass is 31.2. The van der Waals surface area contributed by atoms with Crippen LogP contribution in [0, 0.1) is 0 Å². The van der Waals surface area contributed by atoms with Crippen LogP contribution >= 0.6 is 7.82 Å². The van der Waals surface area contributed by atoms with Crippen molar-refractivity contribution in [1.82, 2.24) is 0 Å². The van der Waals surface area contributed by atoms with E-state index in [4.69, 9.17) is 18.5 Å². The van der Waals surface area contributed by atoms with E-state index >= 15 is 0 Å². The van der Waals surface area contributed by atoms with E-state index in [0.717, 1.165) is 141 Å². The minimum Gasteiger partial charge on any atom is -0.756 e. The lowest BCUT2D eigenvalue weighted by Gasteiger charge is -2.28. The fraction of sp³-hybridized carbons (Fsp3) is 0.619. The number of unbranched alkanes of at least 4 members (excludes halogenated alkanes) is 23. The molecule has 0 saturated carbocycles. The molecule has 9 nitrogen and oxygen atoms in total. The lowest BCUT2D eigenvalue weighted by molar-refractivity contribution is -0.870. The van der Waals surface area contributed by atoms with Crippen molar-refractivity contribution in [2.24, 2.45) is 0 Å². The van der Waals surface area contributed by atoms with Gasteiger partial charge in [-0.3, -0.25) is 14.2 Å². The highest BCUT2D eigenvalue weighted by Crippen LogP contribution is 2.38. The average molecular weight is 1320 g/mol. The molecule has 0 aliphatic heterocycles. The van der Waals surface area contributed by atoms with E-state index in [-0.39, 0.29) is 32.0 Å². The Morgan fingerprint density at radius 2 is 0.574 bits per heavy atom. The molecule has 0 aromatic heterocycles. The van der Waals surface area contributed by atoms with Crippen molar-refractivity contribution in [2.75, 3.05) is 47.5 Å². The molecule has 0 saturated heterocycles. The first-order chi connectivity index (χ1) is 46.0. The molecular formula is C84H138NO8P. The zero-order valence-corrected chi connectivity index (χ0v) is 61.5. The highest BCUT2D eigenvalue weighted by molar-refractivity contribution is 7.45. The van der Waals surface area contributed by atoms with Gasteiger partial charge in [-0.05, 0) is 135 Å². The van der Waals surface area contributed by atoms with Crippen LogP contribution < -0.4 is 4.89 Å². The van der Waals surface area contributed by atoms with Gasteiger partial charge in [0.25, 0.3) is 7.82 Å². The molecule has 0 spiro atoms. The van der Waals surface area contributed by atoms with Crippen molar-refractivity contribution < 1.29 is 42.1 Å². The topological polar surface area (TPSA) is 111 Å². The molecule has 0 bridgehead atoms. The summed E-state index contributed by atoms with van der Waals surface area (Å²) in [6.07, 6.45) is 111.